The van der Waals surface area contributed by atoms with Crippen molar-refractivity contribution in [2.75, 3.05) is 5.75 Å². The van der Waals surface area contributed by atoms with E-state index in [-0.39, 0.29) is 5.82 Å². The Hall–Kier alpha value is -0.830. The molecule has 0 atom stereocenters. The summed E-state index contributed by atoms with van der Waals surface area (Å²) in [5.74, 6) is 0.578. The normalized spacial score (nSPS) is 10.0. The van der Waals surface area contributed by atoms with Crippen molar-refractivity contribution in [3.05, 3.63) is 29.6 Å². The van der Waals surface area contributed by atoms with Crippen LogP contribution >= 0.6 is 11.8 Å². The van der Waals surface area contributed by atoms with Gasteiger partial charge in [0, 0.05) is 17.1 Å². The van der Waals surface area contributed by atoms with Gasteiger partial charge in [0.05, 0.1) is 0 Å². The second-order valence-electron chi connectivity index (χ2n) is 2.71. The summed E-state index contributed by atoms with van der Waals surface area (Å²) in [5, 5.41) is 0. The molecule has 0 aromatic heterocycles. The van der Waals surface area contributed by atoms with Crippen LogP contribution in [0.25, 0.3) is 0 Å². The van der Waals surface area contributed by atoms with Crippen LogP contribution in [0, 0.1) is 12.7 Å². The lowest BCUT2D eigenvalue weighted by Crippen LogP contribution is -1.84. The largest absolute Gasteiger partial charge is 0.303 e. The number of hydrogen-bond acceptors (Lipinski definition) is 2. The SMILES string of the molecule is Cc1cc(SCCC=O)ccc1F. The first-order chi connectivity index (χ1) is 6.24. The molecule has 70 valence electrons. The fourth-order valence-electron chi connectivity index (χ4n) is 0.932. The summed E-state index contributed by atoms with van der Waals surface area (Å²) in [6, 6.07) is 4.99. The average molecular weight is 198 g/mol. The topological polar surface area (TPSA) is 17.1 Å². The zero-order chi connectivity index (χ0) is 9.68. The molecular formula is C10H11FOS. The molecule has 0 saturated carbocycles. The fourth-order valence-corrected chi connectivity index (χ4v) is 1.81. The van der Waals surface area contributed by atoms with Gasteiger partial charge in [0.2, 0.25) is 0 Å². The number of halogens is 1. The number of carbonyl (C=O) groups is 1. The van der Waals surface area contributed by atoms with Crippen LogP contribution in [0.2, 0.25) is 0 Å². The summed E-state index contributed by atoms with van der Waals surface area (Å²) < 4.78 is 12.8. The Morgan fingerprint density at radius 2 is 2.31 bits per heavy atom. The second kappa shape index (κ2) is 5.02. The van der Waals surface area contributed by atoms with Crippen LogP contribution in [0.15, 0.2) is 23.1 Å². The quantitative estimate of drug-likeness (QED) is 0.420. The minimum Gasteiger partial charge on any atom is -0.303 e. The van der Waals surface area contributed by atoms with Crippen LogP contribution in [0.1, 0.15) is 12.0 Å². The van der Waals surface area contributed by atoms with Crippen molar-refractivity contribution in [1.82, 2.24) is 0 Å². The third-order valence-corrected chi connectivity index (χ3v) is 2.66. The molecule has 0 fully saturated rings. The molecule has 0 N–H and O–H groups in total. The Morgan fingerprint density at radius 3 is 2.92 bits per heavy atom. The molecule has 1 rings (SSSR count). The predicted octanol–water partition coefficient (Wildman–Crippen LogP) is 2.82. The Labute approximate surface area is 81.3 Å². The maximum atomic E-state index is 12.8. The van der Waals surface area contributed by atoms with Crippen molar-refractivity contribution in [3.63, 3.8) is 0 Å². The van der Waals surface area contributed by atoms with E-state index < -0.39 is 0 Å². The average Bonchev–Trinajstić information content (AvgIpc) is 2.12. The highest BCUT2D eigenvalue weighted by Gasteiger charge is 1.98. The molecule has 3 heteroatoms. The third kappa shape index (κ3) is 3.19. The summed E-state index contributed by atoms with van der Waals surface area (Å²) in [6.45, 7) is 1.74. The van der Waals surface area contributed by atoms with E-state index in [0.717, 1.165) is 16.9 Å². The van der Waals surface area contributed by atoms with Gasteiger partial charge in [0.1, 0.15) is 12.1 Å². The molecule has 0 aliphatic carbocycles. The molecule has 0 amide bonds. The van der Waals surface area contributed by atoms with E-state index in [0.29, 0.717) is 12.0 Å². The van der Waals surface area contributed by atoms with Gasteiger partial charge in [-0.15, -0.1) is 11.8 Å². The van der Waals surface area contributed by atoms with E-state index in [1.54, 1.807) is 30.8 Å². The molecule has 0 unspecified atom stereocenters. The molecule has 13 heavy (non-hydrogen) atoms. The number of hydrogen-bond donors (Lipinski definition) is 0. The first-order valence-corrected chi connectivity index (χ1v) is 5.05. The standard InChI is InChI=1S/C10H11FOS/c1-8-7-9(3-4-10(8)11)13-6-2-5-12/h3-5,7H,2,6H2,1H3. The molecule has 0 radical (unpaired) electrons. The molecular weight excluding hydrogens is 187 g/mol. The summed E-state index contributed by atoms with van der Waals surface area (Å²) in [4.78, 5) is 11.1. The van der Waals surface area contributed by atoms with Gasteiger partial charge in [0.15, 0.2) is 0 Å². The van der Waals surface area contributed by atoms with Gasteiger partial charge in [-0.05, 0) is 30.7 Å². The van der Waals surface area contributed by atoms with Crippen LogP contribution in [-0.4, -0.2) is 12.0 Å². The maximum Gasteiger partial charge on any atom is 0.126 e. The Balaban J connectivity index is 2.57. The highest BCUT2D eigenvalue weighted by molar-refractivity contribution is 7.99. The van der Waals surface area contributed by atoms with Crippen LogP contribution in [-0.2, 0) is 4.79 Å². The van der Waals surface area contributed by atoms with Crippen LogP contribution in [0.4, 0.5) is 4.39 Å². The molecule has 0 heterocycles. The number of benzene rings is 1. The second-order valence-corrected chi connectivity index (χ2v) is 3.88. The molecule has 0 saturated heterocycles. The summed E-state index contributed by atoms with van der Waals surface area (Å²) in [5.41, 5.74) is 0.649. The molecule has 1 aromatic rings. The number of carbonyl (C=O) groups excluding carboxylic acids is 1. The monoisotopic (exact) mass is 198 g/mol. The van der Waals surface area contributed by atoms with Crippen molar-refractivity contribution < 1.29 is 9.18 Å². The highest BCUT2D eigenvalue weighted by Crippen LogP contribution is 2.20. The summed E-state index contributed by atoms with van der Waals surface area (Å²) >= 11 is 1.57. The van der Waals surface area contributed by atoms with Gasteiger partial charge < -0.3 is 4.79 Å². The fraction of sp³-hybridized carbons (Fsp3) is 0.300. The van der Waals surface area contributed by atoms with Crippen LogP contribution in [0.3, 0.4) is 0 Å². The van der Waals surface area contributed by atoms with E-state index in [1.807, 2.05) is 0 Å². The molecule has 0 spiro atoms. The Kier molecular flexibility index (Phi) is 3.96. The zero-order valence-electron chi connectivity index (χ0n) is 7.42. The number of aldehydes is 1. The molecule has 1 nitrogen and oxygen atoms in total. The minimum absolute atomic E-state index is 0.181. The molecule has 0 aliphatic heterocycles. The highest BCUT2D eigenvalue weighted by atomic mass is 32.2. The Morgan fingerprint density at radius 1 is 1.54 bits per heavy atom. The van der Waals surface area contributed by atoms with Gasteiger partial charge in [-0.2, -0.15) is 0 Å². The zero-order valence-corrected chi connectivity index (χ0v) is 8.23. The van der Waals surface area contributed by atoms with Gasteiger partial charge in [-0.25, -0.2) is 4.39 Å². The number of rotatable bonds is 4. The third-order valence-electron chi connectivity index (χ3n) is 1.63. The first kappa shape index (κ1) is 10.3. The van der Waals surface area contributed by atoms with Gasteiger partial charge in [-0.1, -0.05) is 0 Å². The number of aryl methyl sites for hydroxylation is 1. The number of thioether (sulfide) groups is 1. The summed E-state index contributed by atoms with van der Waals surface area (Å²) in [6.07, 6.45) is 1.43. The van der Waals surface area contributed by atoms with Crippen molar-refractivity contribution in [2.45, 2.75) is 18.2 Å². The molecule has 1 aromatic carbocycles. The van der Waals surface area contributed by atoms with E-state index in [9.17, 15) is 9.18 Å². The minimum atomic E-state index is -0.181. The lowest BCUT2D eigenvalue weighted by Gasteiger charge is -2.01. The Bertz CT molecular complexity index is 299. The van der Waals surface area contributed by atoms with E-state index in [1.165, 1.54) is 6.07 Å². The van der Waals surface area contributed by atoms with E-state index in [2.05, 4.69) is 0 Å². The van der Waals surface area contributed by atoms with Gasteiger partial charge in [-0.3, -0.25) is 0 Å². The summed E-state index contributed by atoms with van der Waals surface area (Å²) in [7, 11) is 0. The van der Waals surface area contributed by atoms with E-state index in [4.69, 9.17) is 0 Å². The van der Waals surface area contributed by atoms with Crippen molar-refractivity contribution in [3.8, 4) is 0 Å². The van der Waals surface area contributed by atoms with Gasteiger partial charge in [0.25, 0.3) is 0 Å². The van der Waals surface area contributed by atoms with Crippen LogP contribution < -0.4 is 0 Å². The van der Waals surface area contributed by atoms with Gasteiger partial charge >= 0.3 is 0 Å². The predicted molar refractivity (Wildman–Crippen MR) is 52.5 cm³/mol. The van der Waals surface area contributed by atoms with Crippen LogP contribution in [0.5, 0.6) is 0 Å². The first-order valence-electron chi connectivity index (χ1n) is 4.06. The maximum absolute atomic E-state index is 12.8. The van der Waals surface area contributed by atoms with Crippen molar-refractivity contribution in [1.29, 1.82) is 0 Å². The smallest absolute Gasteiger partial charge is 0.126 e. The lowest BCUT2D eigenvalue weighted by molar-refractivity contribution is -0.107. The molecule has 0 aliphatic rings. The van der Waals surface area contributed by atoms with Crippen molar-refractivity contribution >= 4 is 18.0 Å². The van der Waals surface area contributed by atoms with E-state index >= 15 is 0 Å². The lowest BCUT2D eigenvalue weighted by atomic mass is 10.2. The molecule has 0 bridgehead atoms. The van der Waals surface area contributed by atoms with Crippen molar-refractivity contribution in [2.24, 2.45) is 0 Å².